The number of nitrogens with one attached hydrogen (secondary N) is 1. The lowest BCUT2D eigenvalue weighted by molar-refractivity contribution is 0.234. The Balaban J connectivity index is 1.80. The molecular weight excluding hydrogens is 389 g/mol. The summed E-state index contributed by atoms with van der Waals surface area (Å²) >= 11 is 11.2. The van der Waals surface area contributed by atoms with Gasteiger partial charge >= 0.3 is 0 Å². The van der Waals surface area contributed by atoms with Crippen LogP contribution in [0.3, 0.4) is 0 Å². The predicted molar refractivity (Wildman–Crippen MR) is 105 cm³/mol. The molecule has 2 aromatic carbocycles. The van der Waals surface area contributed by atoms with E-state index in [1.54, 1.807) is 0 Å². The molecule has 0 spiro atoms. The molecule has 1 heterocycles. The first-order chi connectivity index (χ1) is 13.1. The van der Waals surface area contributed by atoms with Crippen LogP contribution < -0.4 is 5.48 Å². The summed E-state index contributed by atoms with van der Waals surface area (Å²) in [6.07, 6.45) is 2.51. The van der Waals surface area contributed by atoms with Crippen molar-refractivity contribution in [2.75, 3.05) is 0 Å². The Bertz CT molecular complexity index is 976. The molecule has 0 aliphatic rings. The maximum absolute atomic E-state index is 13.3. The highest BCUT2D eigenvalue weighted by Gasteiger charge is 2.16. The average Bonchev–Trinajstić information content (AvgIpc) is 3.11. The van der Waals surface area contributed by atoms with Crippen LogP contribution in [0.2, 0.25) is 5.02 Å². The second-order valence-corrected chi connectivity index (χ2v) is 6.72. The first-order valence-corrected chi connectivity index (χ1v) is 8.78. The maximum atomic E-state index is 13.3. The lowest BCUT2D eigenvalue weighted by Gasteiger charge is -2.06. The van der Waals surface area contributed by atoms with Gasteiger partial charge in [-0.15, -0.1) is 0 Å². The highest BCUT2D eigenvalue weighted by Crippen LogP contribution is 2.22. The summed E-state index contributed by atoms with van der Waals surface area (Å²) in [4.78, 5) is 5.00. The van der Waals surface area contributed by atoms with Gasteiger partial charge in [-0.3, -0.25) is 10.7 Å². The van der Waals surface area contributed by atoms with Crippen LogP contribution in [0.5, 0.6) is 0 Å². The van der Waals surface area contributed by atoms with Gasteiger partial charge in [0.15, 0.2) is 11.5 Å². The molecule has 0 fully saturated rings. The summed E-state index contributed by atoms with van der Waals surface area (Å²) in [6, 6.07) is 13.8. The monoisotopic (exact) mass is 403 g/mol. The van der Waals surface area contributed by atoms with Gasteiger partial charge in [0.2, 0.25) is 0 Å². The number of hydrogen-bond acceptors (Lipinski definition) is 5. The molecule has 2 N–H and O–H groups in total. The molecule has 5 nitrogen and oxygen atoms in total. The molecule has 0 radical (unpaired) electrons. The smallest absolute Gasteiger partial charge is 0.180 e. The zero-order chi connectivity index (χ0) is 19.2. The van der Waals surface area contributed by atoms with Crippen LogP contribution in [0.15, 0.2) is 64.3 Å². The number of hydrogen-bond donors (Lipinski definition) is 2. The van der Waals surface area contributed by atoms with Gasteiger partial charge in [-0.2, -0.15) is 0 Å². The maximum Gasteiger partial charge on any atom is 0.180 e. The summed E-state index contributed by atoms with van der Waals surface area (Å²) in [5.41, 5.74) is 4.43. The number of halogens is 2. The molecule has 1 aromatic heterocycles. The molecule has 8 heteroatoms. The molecule has 3 aromatic rings. The number of amidine groups is 1. The van der Waals surface area contributed by atoms with Crippen LogP contribution in [0.1, 0.15) is 16.8 Å². The standard InChI is InChI=1S/C19H15ClFN3O2S/c20-16-10-14(6-7-17(16)21)22-19(23-25)18-13(11-26-24-18)9-15(27)8-12-4-2-1-3-5-12/h1-7,10-11,25H,8-9H2,(H,22,23). The molecule has 0 unspecified atom stereocenters. The minimum absolute atomic E-state index is 0.0453. The Hall–Kier alpha value is -2.61. The summed E-state index contributed by atoms with van der Waals surface area (Å²) in [5.74, 6) is -0.508. The van der Waals surface area contributed by atoms with Crippen molar-refractivity contribution in [3.05, 3.63) is 82.5 Å². The SMILES string of the molecule is ONC(=Nc1ccc(F)c(Cl)c1)c1nocc1CC(=S)Cc1ccccc1. The van der Waals surface area contributed by atoms with Crippen molar-refractivity contribution in [1.82, 2.24) is 10.6 Å². The predicted octanol–water partition coefficient (Wildman–Crippen LogP) is 4.68. The number of rotatable bonds is 6. The van der Waals surface area contributed by atoms with Gasteiger partial charge in [-0.25, -0.2) is 9.38 Å². The van der Waals surface area contributed by atoms with Crippen LogP contribution in [-0.2, 0) is 12.8 Å². The van der Waals surface area contributed by atoms with Crippen molar-refractivity contribution >= 4 is 40.2 Å². The molecule has 3 rings (SSSR count). The van der Waals surface area contributed by atoms with Gasteiger partial charge in [-0.1, -0.05) is 59.3 Å². The Morgan fingerprint density at radius 2 is 2.00 bits per heavy atom. The van der Waals surface area contributed by atoms with Crippen molar-refractivity contribution in [1.29, 1.82) is 0 Å². The van der Waals surface area contributed by atoms with Crippen LogP contribution in [0.25, 0.3) is 0 Å². The Labute approximate surface area is 165 Å². The molecule has 0 aliphatic carbocycles. The van der Waals surface area contributed by atoms with E-state index in [2.05, 4.69) is 10.1 Å². The number of aromatic nitrogens is 1. The van der Waals surface area contributed by atoms with Crippen molar-refractivity contribution in [3.8, 4) is 0 Å². The highest BCUT2D eigenvalue weighted by atomic mass is 35.5. The second kappa shape index (κ2) is 8.85. The van der Waals surface area contributed by atoms with Gasteiger partial charge in [0.1, 0.15) is 12.1 Å². The van der Waals surface area contributed by atoms with Crippen molar-refractivity contribution in [2.24, 2.45) is 4.99 Å². The Morgan fingerprint density at radius 3 is 2.70 bits per heavy atom. The van der Waals surface area contributed by atoms with Crippen molar-refractivity contribution in [2.45, 2.75) is 12.8 Å². The number of thiocarbonyl (C=S) groups is 1. The van der Waals surface area contributed by atoms with Crippen LogP contribution >= 0.6 is 23.8 Å². The van der Waals surface area contributed by atoms with Crippen LogP contribution in [0, 0.1) is 5.82 Å². The normalized spacial score (nSPS) is 11.4. The topological polar surface area (TPSA) is 70.7 Å². The van der Waals surface area contributed by atoms with Gasteiger partial charge in [-0.05, 0) is 23.8 Å². The fraction of sp³-hybridized carbons (Fsp3) is 0.105. The minimum atomic E-state index is -0.553. The van der Waals surface area contributed by atoms with E-state index >= 15 is 0 Å². The summed E-state index contributed by atoms with van der Waals surface area (Å²) in [7, 11) is 0. The van der Waals surface area contributed by atoms with E-state index in [9.17, 15) is 9.60 Å². The van der Waals surface area contributed by atoms with Crippen molar-refractivity contribution < 1.29 is 14.1 Å². The molecule has 0 aliphatic heterocycles. The summed E-state index contributed by atoms with van der Waals surface area (Å²) < 4.78 is 18.3. The number of benzene rings is 2. The van der Waals surface area contributed by atoms with Gasteiger partial charge in [0.05, 0.1) is 10.7 Å². The van der Waals surface area contributed by atoms with E-state index in [0.717, 1.165) is 10.4 Å². The average molecular weight is 404 g/mol. The number of nitrogens with zero attached hydrogens (tertiary/aromatic N) is 2. The third-order valence-electron chi connectivity index (χ3n) is 3.75. The minimum Gasteiger partial charge on any atom is -0.364 e. The Morgan fingerprint density at radius 1 is 1.22 bits per heavy atom. The van der Waals surface area contributed by atoms with E-state index in [4.69, 9.17) is 28.3 Å². The zero-order valence-electron chi connectivity index (χ0n) is 14.0. The van der Waals surface area contributed by atoms with Crippen molar-refractivity contribution in [3.63, 3.8) is 0 Å². The largest absolute Gasteiger partial charge is 0.364 e. The number of aliphatic imine (C=N–C) groups is 1. The fourth-order valence-electron chi connectivity index (χ4n) is 2.49. The van der Waals surface area contributed by atoms with Gasteiger partial charge < -0.3 is 4.52 Å². The van der Waals surface area contributed by atoms with E-state index in [-0.39, 0.29) is 10.9 Å². The first kappa shape index (κ1) is 19.2. The molecule has 0 saturated carbocycles. The van der Waals surface area contributed by atoms with E-state index < -0.39 is 5.82 Å². The fourth-order valence-corrected chi connectivity index (χ4v) is 2.99. The third kappa shape index (κ3) is 4.97. The number of hydroxylamine groups is 1. The van der Waals surface area contributed by atoms with Gasteiger partial charge in [0.25, 0.3) is 0 Å². The molecule has 27 heavy (non-hydrogen) atoms. The van der Waals surface area contributed by atoms with E-state index in [0.29, 0.717) is 29.8 Å². The summed E-state index contributed by atoms with van der Waals surface area (Å²) in [6.45, 7) is 0. The lowest BCUT2D eigenvalue weighted by atomic mass is 10.0. The van der Waals surface area contributed by atoms with E-state index in [1.165, 1.54) is 24.5 Å². The molecule has 138 valence electrons. The zero-order valence-corrected chi connectivity index (χ0v) is 15.6. The molecule has 0 amide bonds. The van der Waals surface area contributed by atoms with E-state index in [1.807, 2.05) is 35.8 Å². The second-order valence-electron chi connectivity index (χ2n) is 5.74. The van der Waals surface area contributed by atoms with Gasteiger partial charge in [0, 0.05) is 23.3 Å². The quantitative estimate of drug-likeness (QED) is 0.270. The molecular formula is C19H15ClFN3O2S. The van der Waals surface area contributed by atoms with Crippen LogP contribution in [0.4, 0.5) is 10.1 Å². The summed E-state index contributed by atoms with van der Waals surface area (Å²) in [5, 5.41) is 13.3. The van der Waals surface area contributed by atoms with Crippen LogP contribution in [-0.4, -0.2) is 21.1 Å². The Kier molecular flexibility index (Phi) is 6.28. The molecule has 0 atom stereocenters. The molecule has 0 bridgehead atoms. The highest BCUT2D eigenvalue weighted by molar-refractivity contribution is 7.80. The lowest BCUT2D eigenvalue weighted by Crippen LogP contribution is -2.22. The third-order valence-corrected chi connectivity index (χ3v) is 4.33. The first-order valence-electron chi connectivity index (χ1n) is 8.00. The molecule has 0 saturated heterocycles.